The Labute approximate surface area is 117 Å². The average molecular weight is 267 g/mol. The quantitative estimate of drug-likeness (QED) is 0.685. The van der Waals surface area contributed by atoms with Gasteiger partial charge in [-0.05, 0) is 38.8 Å². The van der Waals surface area contributed by atoms with Crippen molar-refractivity contribution in [2.45, 2.75) is 45.7 Å². The highest BCUT2D eigenvalue weighted by Gasteiger charge is 2.26. The molecule has 1 saturated heterocycles. The fourth-order valence-electron chi connectivity index (χ4n) is 2.50. The van der Waals surface area contributed by atoms with E-state index < -0.39 is 0 Å². The van der Waals surface area contributed by atoms with Gasteiger partial charge in [0.1, 0.15) is 0 Å². The van der Waals surface area contributed by atoms with Gasteiger partial charge in [-0.15, -0.1) is 6.58 Å². The van der Waals surface area contributed by atoms with Crippen molar-refractivity contribution in [2.75, 3.05) is 26.2 Å². The maximum atomic E-state index is 12.0. The van der Waals surface area contributed by atoms with E-state index >= 15 is 0 Å². The summed E-state index contributed by atoms with van der Waals surface area (Å²) in [4.78, 5) is 14.3. The molecule has 0 spiro atoms. The van der Waals surface area contributed by atoms with Crippen LogP contribution in [0.15, 0.2) is 12.7 Å². The Morgan fingerprint density at radius 2 is 2.21 bits per heavy atom. The Kier molecular flexibility index (Phi) is 7.10. The lowest BCUT2D eigenvalue weighted by Gasteiger charge is -2.36. The molecule has 0 aliphatic carbocycles. The first-order valence-corrected chi connectivity index (χ1v) is 7.40. The first-order chi connectivity index (χ1) is 9.04. The zero-order valence-corrected chi connectivity index (χ0v) is 12.6. The molecule has 1 aliphatic heterocycles. The van der Waals surface area contributed by atoms with E-state index in [2.05, 4.69) is 36.0 Å². The molecule has 4 nitrogen and oxygen atoms in total. The van der Waals surface area contributed by atoms with Crippen LogP contribution in [-0.2, 0) is 4.79 Å². The predicted molar refractivity (Wildman–Crippen MR) is 80.1 cm³/mol. The van der Waals surface area contributed by atoms with Crippen LogP contribution >= 0.6 is 0 Å². The maximum Gasteiger partial charge on any atom is 0.237 e. The minimum atomic E-state index is -0.0400. The Balaban J connectivity index is 2.40. The fourth-order valence-corrected chi connectivity index (χ4v) is 2.50. The van der Waals surface area contributed by atoms with E-state index in [1.807, 2.05) is 6.92 Å². The number of nitrogens with zero attached hydrogens (tertiary/aromatic N) is 1. The van der Waals surface area contributed by atoms with E-state index in [0.717, 1.165) is 19.6 Å². The third-order valence-electron chi connectivity index (χ3n) is 3.71. The number of rotatable bonds is 7. The van der Waals surface area contributed by atoms with E-state index in [9.17, 15) is 4.79 Å². The predicted octanol–water partition coefficient (Wildman–Crippen LogP) is 1.39. The van der Waals surface area contributed by atoms with E-state index in [1.54, 1.807) is 6.08 Å². The van der Waals surface area contributed by atoms with Gasteiger partial charge in [0.15, 0.2) is 0 Å². The largest absolute Gasteiger partial charge is 0.351 e. The van der Waals surface area contributed by atoms with Gasteiger partial charge >= 0.3 is 0 Å². The summed E-state index contributed by atoms with van der Waals surface area (Å²) in [6, 6.07) is 0.491. The van der Waals surface area contributed by atoms with Gasteiger partial charge in [0.25, 0.3) is 0 Å². The van der Waals surface area contributed by atoms with Crippen LogP contribution in [0.4, 0.5) is 0 Å². The van der Waals surface area contributed by atoms with Crippen molar-refractivity contribution in [3.05, 3.63) is 12.7 Å². The van der Waals surface area contributed by atoms with Gasteiger partial charge in [-0.1, -0.05) is 19.9 Å². The lowest BCUT2D eigenvalue weighted by Crippen LogP contribution is -2.50. The summed E-state index contributed by atoms with van der Waals surface area (Å²) in [5, 5.41) is 6.38. The molecular formula is C15H29N3O. The van der Waals surface area contributed by atoms with E-state index in [0.29, 0.717) is 18.5 Å². The molecule has 19 heavy (non-hydrogen) atoms. The van der Waals surface area contributed by atoms with Crippen LogP contribution in [-0.4, -0.2) is 49.1 Å². The Morgan fingerprint density at radius 1 is 1.47 bits per heavy atom. The molecule has 0 aromatic heterocycles. The van der Waals surface area contributed by atoms with Gasteiger partial charge in [0.2, 0.25) is 5.91 Å². The minimum Gasteiger partial charge on any atom is -0.351 e. The van der Waals surface area contributed by atoms with Crippen molar-refractivity contribution in [2.24, 2.45) is 5.92 Å². The van der Waals surface area contributed by atoms with Crippen molar-refractivity contribution in [3.8, 4) is 0 Å². The Morgan fingerprint density at radius 3 is 2.84 bits per heavy atom. The third-order valence-corrected chi connectivity index (χ3v) is 3.71. The number of piperidine rings is 1. The second-order valence-electron chi connectivity index (χ2n) is 5.78. The van der Waals surface area contributed by atoms with Crippen LogP contribution in [0.5, 0.6) is 0 Å². The lowest BCUT2D eigenvalue weighted by molar-refractivity contribution is -0.126. The summed E-state index contributed by atoms with van der Waals surface area (Å²) in [6.45, 7) is 13.6. The molecule has 0 radical (unpaired) electrons. The van der Waals surface area contributed by atoms with Crippen LogP contribution in [0.25, 0.3) is 0 Å². The molecule has 2 unspecified atom stereocenters. The molecular weight excluding hydrogens is 238 g/mol. The minimum absolute atomic E-state index is 0.0400. The molecule has 1 aliphatic rings. The summed E-state index contributed by atoms with van der Waals surface area (Å²) >= 11 is 0. The summed E-state index contributed by atoms with van der Waals surface area (Å²) in [5.41, 5.74) is 0. The van der Waals surface area contributed by atoms with Gasteiger partial charge in [-0.25, -0.2) is 0 Å². The number of carbonyl (C=O) groups is 1. The number of likely N-dealkylation sites (tertiary alicyclic amines) is 1. The van der Waals surface area contributed by atoms with Gasteiger partial charge in [-0.3, -0.25) is 9.69 Å². The molecule has 1 rings (SSSR count). The van der Waals surface area contributed by atoms with E-state index in [4.69, 9.17) is 0 Å². The summed E-state index contributed by atoms with van der Waals surface area (Å²) in [5.74, 6) is 0.767. The normalized spacial score (nSPS) is 22.2. The molecule has 0 bridgehead atoms. The molecule has 2 N–H and O–H groups in total. The van der Waals surface area contributed by atoms with Gasteiger partial charge in [0, 0.05) is 19.1 Å². The van der Waals surface area contributed by atoms with Crippen molar-refractivity contribution in [3.63, 3.8) is 0 Å². The van der Waals surface area contributed by atoms with Gasteiger partial charge in [0.05, 0.1) is 6.04 Å². The fraction of sp³-hybridized carbons (Fsp3) is 0.800. The number of hydrogen-bond acceptors (Lipinski definition) is 3. The van der Waals surface area contributed by atoms with Gasteiger partial charge in [-0.2, -0.15) is 0 Å². The second kappa shape index (κ2) is 8.33. The van der Waals surface area contributed by atoms with Crippen LogP contribution < -0.4 is 10.6 Å². The molecule has 0 aromatic carbocycles. The molecule has 2 atom stereocenters. The molecule has 0 saturated carbocycles. The highest BCUT2D eigenvalue weighted by Crippen LogP contribution is 2.18. The molecule has 0 aromatic rings. The average Bonchev–Trinajstić information content (AvgIpc) is 2.42. The van der Waals surface area contributed by atoms with Gasteiger partial charge < -0.3 is 10.6 Å². The maximum absolute atomic E-state index is 12.0. The Hall–Kier alpha value is -0.870. The van der Waals surface area contributed by atoms with E-state index in [1.165, 1.54) is 12.8 Å². The van der Waals surface area contributed by atoms with Crippen LogP contribution in [0, 0.1) is 5.92 Å². The van der Waals surface area contributed by atoms with E-state index in [-0.39, 0.29) is 11.9 Å². The first kappa shape index (κ1) is 16.2. The zero-order valence-electron chi connectivity index (χ0n) is 12.6. The number of nitrogens with one attached hydrogen (secondary N) is 2. The Bertz CT molecular complexity index is 291. The zero-order chi connectivity index (χ0) is 14.3. The van der Waals surface area contributed by atoms with Crippen molar-refractivity contribution in [1.82, 2.24) is 15.5 Å². The highest BCUT2D eigenvalue weighted by atomic mass is 16.2. The second-order valence-corrected chi connectivity index (χ2v) is 5.78. The standard InChI is InChI=1S/C15H29N3O/c1-5-8-16-15(19)13(4)18-9-6-7-14(11-18)10-17-12(2)3/h5,12-14,17H,1,6-11H2,2-4H3,(H,16,19). The van der Waals surface area contributed by atoms with Crippen LogP contribution in [0.3, 0.4) is 0 Å². The summed E-state index contributed by atoms with van der Waals surface area (Å²) in [7, 11) is 0. The topological polar surface area (TPSA) is 44.4 Å². The summed E-state index contributed by atoms with van der Waals surface area (Å²) in [6.07, 6.45) is 4.16. The van der Waals surface area contributed by atoms with Crippen molar-refractivity contribution >= 4 is 5.91 Å². The van der Waals surface area contributed by atoms with Crippen LogP contribution in [0.2, 0.25) is 0 Å². The summed E-state index contributed by atoms with van der Waals surface area (Å²) < 4.78 is 0. The first-order valence-electron chi connectivity index (χ1n) is 7.40. The lowest BCUT2D eigenvalue weighted by atomic mass is 9.96. The SMILES string of the molecule is C=CCNC(=O)C(C)N1CCCC(CNC(C)C)C1. The third kappa shape index (κ3) is 5.74. The van der Waals surface area contributed by atoms with Crippen molar-refractivity contribution < 1.29 is 4.79 Å². The number of hydrogen-bond donors (Lipinski definition) is 2. The molecule has 1 fully saturated rings. The number of amides is 1. The number of carbonyl (C=O) groups excluding carboxylic acids is 1. The molecule has 1 heterocycles. The monoisotopic (exact) mass is 267 g/mol. The molecule has 1 amide bonds. The molecule has 110 valence electrons. The van der Waals surface area contributed by atoms with Crippen molar-refractivity contribution in [1.29, 1.82) is 0 Å². The smallest absolute Gasteiger partial charge is 0.237 e. The van der Waals surface area contributed by atoms with Crippen LogP contribution in [0.1, 0.15) is 33.6 Å². The molecule has 4 heteroatoms. The highest BCUT2D eigenvalue weighted by molar-refractivity contribution is 5.81.